The van der Waals surface area contributed by atoms with Crippen molar-refractivity contribution in [3.8, 4) is 0 Å². The van der Waals surface area contributed by atoms with Gasteiger partial charge in [-0.25, -0.2) is 0 Å². The van der Waals surface area contributed by atoms with Gasteiger partial charge in [0.2, 0.25) is 0 Å². The average Bonchev–Trinajstić information content (AvgIpc) is 2.46. The standard InChI is InChI=1S/C14H21N3O2S2/c1-11-3-2-6-16(10-11)21(18,19)17-7-8-20-14-5-4-12(15)9-13(14)17/h4-5,9,11H,2-3,6-8,10,15H2,1H3. The summed E-state index contributed by atoms with van der Waals surface area (Å²) in [7, 11) is -3.45. The number of piperidine rings is 1. The number of anilines is 2. The Kier molecular flexibility index (Phi) is 4.07. The maximum atomic E-state index is 13.0. The predicted molar refractivity (Wildman–Crippen MR) is 87.8 cm³/mol. The quantitative estimate of drug-likeness (QED) is 0.845. The molecule has 1 unspecified atom stereocenters. The summed E-state index contributed by atoms with van der Waals surface area (Å²) in [6.07, 6.45) is 2.04. The average molecular weight is 327 g/mol. The van der Waals surface area contributed by atoms with Gasteiger partial charge >= 0.3 is 10.2 Å². The summed E-state index contributed by atoms with van der Waals surface area (Å²) in [6.45, 7) is 3.85. The molecule has 0 radical (unpaired) electrons. The number of benzene rings is 1. The number of thioether (sulfide) groups is 1. The summed E-state index contributed by atoms with van der Waals surface area (Å²) in [5.41, 5.74) is 7.17. The van der Waals surface area contributed by atoms with Crippen molar-refractivity contribution < 1.29 is 8.42 Å². The third-order valence-electron chi connectivity index (χ3n) is 4.03. The van der Waals surface area contributed by atoms with Crippen LogP contribution < -0.4 is 10.0 Å². The largest absolute Gasteiger partial charge is 0.399 e. The smallest absolute Gasteiger partial charge is 0.304 e. The second-order valence-electron chi connectivity index (χ2n) is 5.76. The number of hydrogen-bond acceptors (Lipinski definition) is 4. The van der Waals surface area contributed by atoms with Crippen LogP contribution in [0, 0.1) is 5.92 Å². The molecule has 1 aromatic carbocycles. The van der Waals surface area contributed by atoms with Crippen LogP contribution in [0.25, 0.3) is 0 Å². The third kappa shape index (κ3) is 2.86. The van der Waals surface area contributed by atoms with Gasteiger partial charge in [0.25, 0.3) is 0 Å². The highest BCUT2D eigenvalue weighted by Gasteiger charge is 2.35. The van der Waals surface area contributed by atoms with E-state index in [9.17, 15) is 8.42 Å². The fourth-order valence-corrected chi connectivity index (χ4v) is 5.90. The Morgan fingerprint density at radius 2 is 2.14 bits per heavy atom. The van der Waals surface area contributed by atoms with E-state index in [1.807, 2.05) is 12.1 Å². The molecule has 2 aliphatic rings. The van der Waals surface area contributed by atoms with E-state index in [-0.39, 0.29) is 0 Å². The van der Waals surface area contributed by atoms with Crippen LogP contribution in [0.2, 0.25) is 0 Å². The van der Waals surface area contributed by atoms with Crippen LogP contribution in [0.4, 0.5) is 11.4 Å². The molecular weight excluding hydrogens is 306 g/mol. The zero-order valence-corrected chi connectivity index (χ0v) is 13.8. The highest BCUT2D eigenvalue weighted by atomic mass is 32.2. The first kappa shape index (κ1) is 15.0. The van der Waals surface area contributed by atoms with E-state index in [1.54, 1.807) is 22.1 Å². The molecule has 1 fully saturated rings. The highest BCUT2D eigenvalue weighted by Crippen LogP contribution is 2.38. The molecule has 0 saturated carbocycles. The van der Waals surface area contributed by atoms with Crippen molar-refractivity contribution >= 4 is 33.3 Å². The topological polar surface area (TPSA) is 66.6 Å². The lowest BCUT2D eigenvalue weighted by Crippen LogP contribution is -2.49. The van der Waals surface area contributed by atoms with Crippen LogP contribution in [0.1, 0.15) is 19.8 Å². The number of nitrogens with zero attached hydrogens (tertiary/aromatic N) is 2. The minimum Gasteiger partial charge on any atom is -0.399 e. The van der Waals surface area contributed by atoms with Crippen molar-refractivity contribution in [1.29, 1.82) is 0 Å². The summed E-state index contributed by atoms with van der Waals surface area (Å²) in [5, 5.41) is 0. The van der Waals surface area contributed by atoms with Gasteiger partial charge in [-0.2, -0.15) is 12.7 Å². The van der Waals surface area contributed by atoms with Crippen LogP contribution >= 0.6 is 11.8 Å². The Bertz CT molecular complexity index is 633. The van der Waals surface area contributed by atoms with E-state index in [1.165, 1.54) is 4.31 Å². The zero-order chi connectivity index (χ0) is 15.0. The molecule has 1 aromatic rings. The van der Waals surface area contributed by atoms with Gasteiger partial charge in [0.05, 0.1) is 5.69 Å². The zero-order valence-electron chi connectivity index (χ0n) is 12.2. The number of fused-ring (bicyclic) bond motifs is 1. The van der Waals surface area contributed by atoms with Gasteiger partial charge in [0.1, 0.15) is 0 Å². The summed E-state index contributed by atoms with van der Waals surface area (Å²) >= 11 is 1.68. The van der Waals surface area contributed by atoms with Gasteiger partial charge in [0, 0.05) is 36.0 Å². The van der Waals surface area contributed by atoms with Gasteiger partial charge in [-0.05, 0) is 37.0 Å². The predicted octanol–water partition coefficient (Wildman–Crippen LogP) is 2.16. The number of nitrogen functional groups attached to an aromatic ring is 1. The molecule has 1 atom stereocenters. The van der Waals surface area contributed by atoms with Gasteiger partial charge < -0.3 is 5.73 Å². The Hall–Kier alpha value is -0.920. The summed E-state index contributed by atoms with van der Waals surface area (Å²) in [6, 6.07) is 5.51. The van der Waals surface area contributed by atoms with Crippen LogP contribution in [0.3, 0.4) is 0 Å². The fourth-order valence-electron chi connectivity index (χ4n) is 2.95. The molecule has 1 saturated heterocycles. The lowest BCUT2D eigenvalue weighted by atomic mass is 10.0. The van der Waals surface area contributed by atoms with E-state index < -0.39 is 10.2 Å². The highest BCUT2D eigenvalue weighted by molar-refractivity contribution is 7.99. The third-order valence-corrected chi connectivity index (χ3v) is 6.99. The molecule has 21 heavy (non-hydrogen) atoms. The van der Waals surface area contributed by atoms with E-state index in [0.29, 0.717) is 31.2 Å². The van der Waals surface area contributed by atoms with E-state index in [2.05, 4.69) is 6.92 Å². The molecule has 2 N–H and O–H groups in total. The molecule has 116 valence electrons. The molecule has 3 rings (SSSR count). The summed E-state index contributed by atoms with van der Waals surface area (Å²) < 4.78 is 29.1. The van der Waals surface area contributed by atoms with Crippen LogP contribution in [-0.2, 0) is 10.2 Å². The van der Waals surface area contributed by atoms with Crippen LogP contribution in [0.5, 0.6) is 0 Å². The summed E-state index contributed by atoms with van der Waals surface area (Å²) in [5.74, 6) is 1.20. The lowest BCUT2D eigenvalue weighted by molar-refractivity contribution is 0.280. The molecule has 2 aliphatic heterocycles. The van der Waals surface area contributed by atoms with E-state index in [0.717, 1.165) is 29.2 Å². The van der Waals surface area contributed by atoms with Gasteiger partial charge in [-0.15, -0.1) is 11.8 Å². The van der Waals surface area contributed by atoms with Gasteiger partial charge in [0.15, 0.2) is 0 Å². The van der Waals surface area contributed by atoms with Gasteiger partial charge in [-0.3, -0.25) is 4.31 Å². The van der Waals surface area contributed by atoms with Crippen LogP contribution in [0.15, 0.2) is 23.1 Å². The molecule has 5 nitrogen and oxygen atoms in total. The Morgan fingerprint density at radius 3 is 2.90 bits per heavy atom. The van der Waals surface area contributed by atoms with Crippen molar-refractivity contribution in [1.82, 2.24) is 4.31 Å². The first-order chi connectivity index (χ1) is 9.98. The molecule has 0 amide bonds. The van der Waals surface area contributed by atoms with E-state index >= 15 is 0 Å². The second-order valence-corrected chi connectivity index (χ2v) is 8.75. The van der Waals surface area contributed by atoms with Crippen molar-refractivity contribution in [2.24, 2.45) is 5.92 Å². The normalized spacial score (nSPS) is 23.9. The molecule has 7 heteroatoms. The lowest BCUT2D eigenvalue weighted by Gasteiger charge is -2.37. The molecular formula is C14H21N3O2S2. The van der Waals surface area contributed by atoms with Crippen molar-refractivity contribution in [2.45, 2.75) is 24.7 Å². The molecule has 0 bridgehead atoms. The van der Waals surface area contributed by atoms with Crippen molar-refractivity contribution in [3.63, 3.8) is 0 Å². The first-order valence-corrected chi connectivity index (χ1v) is 9.67. The number of hydrogen-bond donors (Lipinski definition) is 1. The maximum Gasteiger partial charge on any atom is 0.304 e. The van der Waals surface area contributed by atoms with Crippen LogP contribution in [-0.4, -0.2) is 38.1 Å². The fraction of sp³-hybridized carbons (Fsp3) is 0.571. The molecule has 0 spiro atoms. The Morgan fingerprint density at radius 1 is 1.33 bits per heavy atom. The minimum atomic E-state index is -3.45. The number of rotatable bonds is 2. The first-order valence-electron chi connectivity index (χ1n) is 7.28. The Labute approximate surface area is 130 Å². The Balaban J connectivity index is 1.95. The molecule has 0 aromatic heterocycles. The minimum absolute atomic E-state index is 0.424. The molecule has 2 heterocycles. The number of nitrogens with two attached hydrogens (primary N) is 1. The maximum absolute atomic E-state index is 13.0. The monoisotopic (exact) mass is 327 g/mol. The summed E-state index contributed by atoms with van der Waals surface area (Å²) in [4.78, 5) is 0.990. The van der Waals surface area contributed by atoms with Gasteiger partial charge in [-0.1, -0.05) is 6.92 Å². The van der Waals surface area contributed by atoms with Crippen molar-refractivity contribution in [2.75, 3.05) is 35.4 Å². The molecule has 0 aliphatic carbocycles. The second kappa shape index (κ2) is 5.70. The van der Waals surface area contributed by atoms with E-state index in [4.69, 9.17) is 5.73 Å². The van der Waals surface area contributed by atoms with Crippen molar-refractivity contribution in [3.05, 3.63) is 18.2 Å². The SMILES string of the molecule is CC1CCCN(S(=O)(=O)N2CCSc3ccc(N)cc32)C1.